The number of hydrogen-bond acceptors (Lipinski definition) is 11. The van der Waals surface area contributed by atoms with Crippen molar-refractivity contribution in [1.29, 1.82) is 0 Å². The lowest BCUT2D eigenvalue weighted by Crippen LogP contribution is -2.52. The Morgan fingerprint density at radius 3 is 2.68 bits per heavy atom. The van der Waals surface area contributed by atoms with Crippen molar-refractivity contribution in [2.45, 2.75) is 89.7 Å². The number of nitrogen functional groups attached to an aromatic ring is 1. The maximum Gasteiger partial charge on any atom is 0.508 e. The van der Waals surface area contributed by atoms with E-state index in [9.17, 15) is 9.59 Å². The van der Waals surface area contributed by atoms with Crippen molar-refractivity contribution >= 4 is 41.2 Å². The average molecular weight is 546 g/mol. The number of hydrogen-bond donors (Lipinski definition) is 1. The number of fused-ring (bicyclic) bond motifs is 1. The van der Waals surface area contributed by atoms with Crippen molar-refractivity contribution in [1.82, 2.24) is 19.5 Å². The molecule has 2 aromatic rings. The Balaban J connectivity index is 1.83. The van der Waals surface area contributed by atoms with Gasteiger partial charge in [0.2, 0.25) is 5.28 Å². The molecule has 2 N–H and O–H groups in total. The number of carbonyl (C=O) groups is 2. The molecule has 3 rings (SSSR count). The highest BCUT2D eigenvalue weighted by Gasteiger charge is 2.62. The SMILES string of the molecule is CCCCCCCOC(=O)OCC1(OC=O)OC(n2cnc3c(N)nc(Cl)nc32)C(F)C1OC(C)(C)C. The lowest BCUT2D eigenvalue weighted by Gasteiger charge is -2.35. The molecule has 0 amide bonds. The third-order valence-electron chi connectivity index (χ3n) is 5.60. The number of anilines is 1. The fourth-order valence-electron chi connectivity index (χ4n) is 3.96. The molecule has 37 heavy (non-hydrogen) atoms. The van der Waals surface area contributed by atoms with Crippen LogP contribution in [0, 0.1) is 0 Å². The summed E-state index contributed by atoms with van der Waals surface area (Å²) < 4.78 is 44.5. The van der Waals surface area contributed by atoms with E-state index in [0.717, 1.165) is 25.7 Å². The zero-order chi connectivity index (χ0) is 27.2. The summed E-state index contributed by atoms with van der Waals surface area (Å²) in [4.78, 5) is 35.7. The lowest BCUT2D eigenvalue weighted by molar-refractivity contribution is -0.279. The molecule has 1 fully saturated rings. The maximum atomic E-state index is 16.0. The maximum absolute atomic E-state index is 16.0. The molecule has 1 saturated heterocycles. The average Bonchev–Trinajstić information content (AvgIpc) is 3.34. The second-order valence-electron chi connectivity index (χ2n) is 9.63. The number of aromatic nitrogens is 4. The number of ether oxygens (including phenoxy) is 5. The Morgan fingerprint density at radius 2 is 2.00 bits per heavy atom. The Morgan fingerprint density at radius 1 is 1.27 bits per heavy atom. The van der Waals surface area contributed by atoms with Crippen LogP contribution >= 0.6 is 11.6 Å². The van der Waals surface area contributed by atoms with E-state index < -0.39 is 42.7 Å². The van der Waals surface area contributed by atoms with Crippen molar-refractivity contribution in [2.75, 3.05) is 18.9 Å². The van der Waals surface area contributed by atoms with Crippen LogP contribution in [-0.4, -0.2) is 69.0 Å². The summed E-state index contributed by atoms with van der Waals surface area (Å²) in [5.41, 5.74) is 5.22. The molecule has 206 valence electrons. The van der Waals surface area contributed by atoms with Crippen LogP contribution in [0.4, 0.5) is 15.0 Å². The van der Waals surface area contributed by atoms with Gasteiger partial charge in [0.1, 0.15) is 5.52 Å². The van der Waals surface area contributed by atoms with Crippen LogP contribution in [0.3, 0.4) is 0 Å². The highest BCUT2D eigenvalue weighted by molar-refractivity contribution is 6.28. The van der Waals surface area contributed by atoms with Gasteiger partial charge in [-0.25, -0.2) is 14.2 Å². The number of halogens is 2. The molecule has 0 spiro atoms. The Labute approximate surface area is 218 Å². The molecule has 4 unspecified atom stereocenters. The van der Waals surface area contributed by atoms with E-state index in [1.165, 1.54) is 10.9 Å². The van der Waals surface area contributed by atoms with Crippen LogP contribution < -0.4 is 5.73 Å². The minimum Gasteiger partial charge on any atom is -0.434 e. The molecule has 0 radical (unpaired) electrons. The van der Waals surface area contributed by atoms with Crippen molar-refractivity contribution in [3.8, 4) is 0 Å². The number of nitrogens with two attached hydrogens (primary N) is 1. The van der Waals surface area contributed by atoms with Gasteiger partial charge in [0, 0.05) is 0 Å². The van der Waals surface area contributed by atoms with E-state index in [4.69, 9.17) is 41.0 Å². The Bertz CT molecular complexity index is 1080. The van der Waals surface area contributed by atoms with Crippen molar-refractivity contribution in [3.05, 3.63) is 11.6 Å². The molecule has 0 saturated carbocycles. The van der Waals surface area contributed by atoms with Crippen LogP contribution in [0.1, 0.15) is 66.0 Å². The van der Waals surface area contributed by atoms with Gasteiger partial charge in [-0.05, 0) is 38.8 Å². The summed E-state index contributed by atoms with van der Waals surface area (Å²) in [6.07, 6.45) is 0.156. The Kier molecular flexibility index (Phi) is 9.48. The second kappa shape index (κ2) is 12.2. The van der Waals surface area contributed by atoms with E-state index >= 15 is 4.39 Å². The van der Waals surface area contributed by atoms with Gasteiger partial charge >= 0.3 is 6.16 Å². The van der Waals surface area contributed by atoms with E-state index in [2.05, 4.69) is 21.9 Å². The molecular weight excluding hydrogens is 513 g/mol. The topological polar surface area (TPSA) is 150 Å². The lowest BCUT2D eigenvalue weighted by atomic mass is 10.1. The van der Waals surface area contributed by atoms with Crippen molar-refractivity contribution < 1.29 is 37.7 Å². The first-order valence-corrected chi connectivity index (χ1v) is 12.5. The fourth-order valence-corrected chi connectivity index (χ4v) is 4.13. The molecular formula is C23H33ClFN5O7. The molecule has 1 aliphatic rings. The van der Waals surface area contributed by atoms with Crippen molar-refractivity contribution in [2.24, 2.45) is 0 Å². The smallest absolute Gasteiger partial charge is 0.434 e. The zero-order valence-corrected chi connectivity index (χ0v) is 22.1. The number of rotatable bonds is 12. The molecule has 2 aromatic heterocycles. The quantitative estimate of drug-likeness (QED) is 0.177. The van der Waals surface area contributed by atoms with Crippen LogP contribution in [0.15, 0.2) is 6.33 Å². The molecule has 4 atom stereocenters. The fraction of sp³-hybridized carbons (Fsp3) is 0.696. The second-order valence-corrected chi connectivity index (χ2v) is 9.97. The van der Waals surface area contributed by atoms with E-state index in [1.54, 1.807) is 20.8 Å². The predicted molar refractivity (Wildman–Crippen MR) is 130 cm³/mol. The minimum absolute atomic E-state index is 0.0131. The number of carbonyl (C=O) groups excluding carboxylic acids is 2. The van der Waals surface area contributed by atoms with Gasteiger partial charge in [0.05, 0.1) is 18.5 Å². The predicted octanol–water partition coefficient (Wildman–Crippen LogP) is 4.11. The Hall–Kier alpha value is -2.77. The van der Waals surface area contributed by atoms with Gasteiger partial charge < -0.3 is 29.4 Å². The number of imidazole rings is 1. The molecule has 3 heterocycles. The normalized spacial score (nSPS) is 23.8. The van der Waals surface area contributed by atoms with E-state index in [-0.39, 0.29) is 35.3 Å². The highest BCUT2D eigenvalue weighted by atomic mass is 35.5. The molecule has 0 aromatic carbocycles. The van der Waals surface area contributed by atoms with Crippen LogP contribution in [0.5, 0.6) is 0 Å². The largest absolute Gasteiger partial charge is 0.508 e. The highest BCUT2D eigenvalue weighted by Crippen LogP contribution is 2.44. The molecule has 0 bridgehead atoms. The van der Waals surface area contributed by atoms with E-state index in [1.807, 2.05) is 0 Å². The van der Waals surface area contributed by atoms with Crippen LogP contribution in [0.25, 0.3) is 11.2 Å². The third-order valence-corrected chi connectivity index (χ3v) is 5.77. The van der Waals surface area contributed by atoms with Gasteiger partial charge in [-0.2, -0.15) is 9.97 Å². The van der Waals surface area contributed by atoms with Gasteiger partial charge in [-0.1, -0.05) is 32.6 Å². The van der Waals surface area contributed by atoms with Crippen molar-refractivity contribution in [3.63, 3.8) is 0 Å². The summed E-state index contributed by atoms with van der Waals surface area (Å²) in [5.74, 6) is -2.15. The first kappa shape index (κ1) is 28.8. The first-order chi connectivity index (χ1) is 17.5. The number of unbranched alkanes of at least 4 members (excludes halogenated alkanes) is 4. The molecule has 14 heteroatoms. The summed E-state index contributed by atoms with van der Waals surface area (Å²) in [7, 11) is 0. The van der Waals surface area contributed by atoms with Gasteiger partial charge in [-0.3, -0.25) is 9.36 Å². The number of alkyl halides is 1. The van der Waals surface area contributed by atoms with Crippen LogP contribution in [-0.2, 0) is 28.5 Å². The summed E-state index contributed by atoms with van der Waals surface area (Å²) in [6, 6.07) is 0. The molecule has 0 aliphatic carbocycles. The minimum atomic E-state index is -2.14. The van der Waals surface area contributed by atoms with Crippen LogP contribution in [0.2, 0.25) is 5.28 Å². The summed E-state index contributed by atoms with van der Waals surface area (Å²) in [6.45, 7) is 6.70. The summed E-state index contributed by atoms with van der Waals surface area (Å²) >= 11 is 5.93. The van der Waals surface area contributed by atoms with E-state index in [0.29, 0.717) is 6.42 Å². The molecule has 1 aliphatic heterocycles. The monoisotopic (exact) mass is 545 g/mol. The summed E-state index contributed by atoms with van der Waals surface area (Å²) in [5, 5.41) is -0.182. The number of nitrogens with zero attached hydrogens (tertiary/aromatic N) is 4. The molecule has 12 nitrogen and oxygen atoms in total. The third kappa shape index (κ3) is 6.96. The standard InChI is InChI=1S/C23H33ClFN5O7/c1-5-6-7-8-9-10-33-21(32)34-11-23(35-13-31)16(36-22(2,3)4)14(25)19(37-23)30-12-27-15-17(26)28-20(24)29-18(15)30/h12-14,16,19H,5-11H2,1-4H3,(H2,26,28,29). The van der Waals surface area contributed by atoms with Gasteiger partial charge in [0.15, 0.2) is 36.6 Å². The zero-order valence-electron chi connectivity index (χ0n) is 21.3. The van der Waals surface area contributed by atoms with Gasteiger partial charge in [0.25, 0.3) is 12.3 Å². The van der Waals surface area contributed by atoms with Gasteiger partial charge in [-0.15, -0.1) is 0 Å². The first-order valence-electron chi connectivity index (χ1n) is 12.1.